The molecule has 0 unspecified atom stereocenters. The fourth-order valence-electron chi connectivity index (χ4n) is 1.74. The number of hydrogen-bond acceptors (Lipinski definition) is 3. The van der Waals surface area contributed by atoms with Gasteiger partial charge in [0.1, 0.15) is 17.3 Å². The number of rotatable bonds is 3. The second-order valence-electron chi connectivity index (χ2n) is 3.91. The molecule has 1 heterocycles. The van der Waals surface area contributed by atoms with Crippen LogP contribution in [0, 0.1) is 11.6 Å². The Balaban J connectivity index is 2.43. The average Bonchev–Trinajstić information content (AvgIpc) is 2.60. The predicted molar refractivity (Wildman–Crippen MR) is 66.6 cm³/mol. The Bertz CT molecular complexity index is 557. The Labute approximate surface area is 103 Å². The zero-order valence-corrected chi connectivity index (χ0v) is 10.2. The normalized spacial score (nSPS) is 10.7. The second kappa shape index (κ2) is 4.64. The van der Waals surface area contributed by atoms with E-state index in [9.17, 15) is 8.78 Å². The maximum absolute atomic E-state index is 13.5. The quantitative estimate of drug-likeness (QED) is 0.882. The van der Waals surface area contributed by atoms with Crippen LogP contribution in [0.1, 0.15) is 12.6 Å². The van der Waals surface area contributed by atoms with Crippen LogP contribution in [0.15, 0.2) is 18.2 Å². The van der Waals surface area contributed by atoms with E-state index >= 15 is 0 Å². The summed E-state index contributed by atoms with van der Waals surface area (Å²) in [6.45, 7) is 1.91. The molecular weight excluding hydrogens is 238 g/mol. The fourth-order valence-corrected chi connectivity index (χ4v) is 1.74. The number of nitrogens with two attached hydrogens (primary N) is 1. The van der Waals surface area contributed by atoms with Gasteiger partial charge in [-0.15, -0.1) is 0 Å². The molecule has 0 saturated heterocycles. The minimum absolute atomic E-state index is 0.227. The summed E-state index contributed by atoms with van der Waals surface area (Å²) < 4.78 is 28.5. The summed E-state index contributed by atoms with van der Waals surface area (Å²) >= 11 is 0. The van der Waals surface area contributed by atoms with Crippen molar-refractivity contribution in [1.82, 2.24) is 9.78 Å². The molecule has 18 heavy (non-hydrogen) atoms. The van der Waals surface area contributed by atoms with Crippen molar-refractivity contribution in [2.75, 3.05) is 11.1 Å². The minimum Gasteiger partial charge on any atom is -0.394 e. The van der Waals surface area contributed by atoms with Gasteiger partial charge in [-0.3, -0.25) is 4.68 Å². The third-order valence-electron chi connectivity index (χ3n) is 2.70. The molecule has 0 saturated carbocycles. The molecule has 0 atom stereocenters. The number of hydrogen-bond donors (Lipinski definition) is 2. The summed E-state index contributed by atoms with van der Waals surface area (Å²) in [4.78, 5) is 0. The van der Waals surface area contributed by atoms with Crippen molar-refractivity contribution < 1.29 is 8.78 Å². The molecule has 4 nitrogen and oxygen atoms in total. The SMILES string of the molecule is CCc1nn(C)c(Nc2c(F)cccc2F)c1N. The molecule has 1 aromatic heterocycles. The van der Waals surface area contributed by atoms with Crippen LogP contribution in [-0.4, -0.2) is 9.78 Å². The zero-order chi connectivity index (χ0) is 13.3. The van der Waals surface area contributed by atoms with Crippen LogP contribution in [-0.2, 0) is 13.5 Å². The number of halogens is 2. The molecule has 96 valence electrons. The van der Waals surface area contributed by atoms with Crippen LogP contribution < -0.4 is 11.1 Å². The van der Waals surface area contributed by atoms with Crippen LogP contribution in [0.4, 0.5) is 26.0 Å². The number of aromatic nitrogens is 2. The van der Waals surface area contributed by atoms with Crippen molar-refractivity contribution in [2.45, 2.75) is 13.3 Å². The van der Waals surface area contributed by atoms with Gasteiger partial charge in [-0.05, 0) is 18.6 Å². The van der Waals surface area contributed by atoms with E-state index in [0.29, 0.717) is 23.6 Å². The number of nitrogens with one attached hydrogen (secondary N) is 1. The number of benzene rings is 1. The van der Waals surface area contributed by atoms with Gasteiger partial charge in [0, 0.05) is 7.05 Å². The molecule has 0 fully saturated rings. The molecule has 0 bridgehead atoms. The minimum atomic E-state index is -0.673. The van der Waals surface area contributed by atoms with Gasteiger partial charge < -0.3 is 11.1 Å². The standard InChI is InChI=1S/C12H14F2N4/c1-3-9-10(15)12(18(2)17-9)16-11-7(13)5-4-6-8(11)14/h4-6,16H,3,15H2,1-2H3. The predicted octanol–water partition coefficient (Wildman–Crippen LogP) is 2.59. The lowest BCUT2D eigenvalue weighted by atomic mass is 10.2. The van der Waals surface area contributed by atoms with Crippen LogP contribution in [0.5, 0.6) is 0 Å². The van der Waals surface area contributed by atoms with Crippen LogP contribution in [0.3, 0.4) is 0 Å². The topological polar surface area (TPSA) is 55.9 Å². The first-order valence-corrected chi connectivity index (χ1v) is 5.57. The number of nitrogens with zero attached hydrogens (tertiary/aromatic N) is 2. The lowest BCUT2D eigenvalue weighted by Gasteiger charge is -2.09. The van der Waals surface area contributed by atoms with E-state index in [0.717, 1.165) is 0 Å². The van der Waals surface area contributed by atoms with Crippen LogP contribution >= 0.6 is 0 Å². The number of nitrogen functional groups attached to an aromatic ring is 1. The van der Waals surface area contributed by atoms with Gasteiger partial charge in [0.25, 0.3) is 0 Å². The number of para-hydroxylation sites is 1. The molecule has 0 spiro atoms. The van der Waals surface area contributed by atoms with Crippen molar-refractivity contribution in [3.8, 4) is 0 Å². The smallest absolute Gasteiger partial charge is 0.152 e. The molecule has 0 amide bonds. The summed E-state index contributed by atoms with van der Waals surface area (Å²) in [5.41, 5.74) is 6.74. The Morgan fingerprint density at radius 2 is 1.94 bits per heavy atom. The molecule has 3 N–H and O–H groups in total. The van der Waals surface area contributed by atoms with E-state index in [1.807, 2.05) is 6.92 Å². The van der Waals surface area contributed by atoms with Gasteiger partial charge in [0.15, 0.2) is 5.82 Å². The zero-order valence-electron chi connectivity index (χ0n) is 10.2. The molecular formula is C12H14F2N4. The van der Waals surface area contributed by atoms with Gasteiger partial charge in [0.2, 0.25) is 0 Å². The molecule has 1 aromatic carbocycles. The Morgan fingerprint density at radius 1 is 1.33 bits per heavy atom. The first-order valence-electron chi connectivity index (χ1n) is 5.57. The van der Waals surface area contributed by atoms with Gasteiger partial charge in [-0.25, -0.2) is 8.78 Å². The highest BCUT2D eigenvalue weighted by Crippen LogP contribution is 2.28. The molecule has 0 aliphatic rings. The summed E-state index contributed by atoms with van der Waals surface area (Å²) in [6.07, 6.45) is 0.654. The summed E-state index contributed by atoms with van der Waals surface area (Å²) in [5, 5.41) is 6.83. The largest absolute Gasteiger partial charge is 0.394 e. The summed E-state index contributed by atoms with van der Waals surface area (Å²) in [6, 6.07) is 3.66. The van der Waals surface area contributed by atoms with Gasteiger partial charge in [-0.2, -0.15) is 5.10 Å². The van der Waals surface area contributed by atoms with Crippen molar-refractivity contribution in [1.29, 1.82) is 0 Å². The number of anilines is 3. The summed E-state index contributed by atoms with van der Waals surface area (Å²) in [5.74, 6) is -0.960. The average molecular weight is 252 g/mol. The molecule has 2 aromatic rings. The molecule has 2 rings (SSSR count). The molecule has 0 aliphatic heterocycles. The van der Waals surface area contributed by atoms with Crippen LogP contribution in [0.25, 0.3) is 0 Å². The van der Waals surface area contributed by atoms with E-state index in [1.165, 1.54) is 22.9 Å². The summed E-state index contributed by atoms with van der Waals surface area (Å²) in [7, 11) is 1.66. The monoisotopic (exact) mass is 252 g/mol. The maximum Gasteiger partial charge on any atom is 0.152 e. The first kappa shape index (κ1) is 12.3. The van der Waals surface area contributed by atoms with E-state index in [2.05, 4.69) is 10.4 Å². The third kappa shape index (κ3) is 2.01. The molecule has 0 aliphatic carbocycles. The first-order chi connectivity index (χ1) is 8.54. The highest BCUT2D eigenvalue weighted by Gasteiger charge is 2.15. The third-order valence-corrected chi connectivity index (χ3v) is 2.70. The van der Waals surface area contributed by atoms with Crippen molar-refractivity contribution >= 4 is 17.2 Å². The van der Waals surface area contributed by atoms with Gasteiger partial charge in [-0.1, -0.05) is 13.0 Å². The van der Waals surface area contributed by atoms with E-state index < -0.39 is 11.6 Å². The number of aryl methyl sites for hydroxylation is 2. The van der Waals surface area contributed by atoms with Crippen molar-refractivity contribution in [3.05, 3.63) is 35.5 Å². The highest BCUT2D eigenvalue weighted by molar-refractivity contribution is 5.71. The fraction of sp³-hybridized carbons (Fsp3) is 0.250. The molecule has 0 radical (unpaired) electrons. The highest BCUT2D eigenvalue weighted by atomic mass is 19.1. The van der Waals surface area contributed by atoms with Crippen molar-refractivity contribution in [3.63, 3.8) is 0 Å². The maximum atomic E-state index is 13.5. The van der Waals surface area contributed by atoms with E-state index in [4.69, 9.17) is 5.73 Å². The van der Waals surface area contributed by atoms with Crippen LogP contribution in [0.2, 0.25) is 0 Å². The van der Waals surface area contributed by atoms with E-state index in [-0.39, 0.29) is 5.69 Å². The lowest BCUT2D eigenvalue weighted by Crippen LogP contribution is -2.04. The second-order valence-corrected chi connectivity index (χ2v) is 3.91. The van der Waals surface area contributed by atoms with Gasteiger partial charge >= 0.3 is 0 Å². The Hall–Kier alpha value is -2.11. The lowest BCUT2D eigenvalue weighted by molar-refractivity contribution is 0.590. The van der Waals surface area contributed by atoms with Crippen molar-refractivity contribution in [2.24, 2.45) is 7.05 Å². The Morgan fingerprint density at radius 3 is 2.44 bits per heavy atom. The molecule has 6 heteroatoms. The van der Waals surface area contributed by atoms with E-state index in [1.54, 1.807) is 7.05 Å². The van der Waals surface area contributed by atoms with Gasteiger partial charge in [0.05, 0.1) is 11.4 Å². The Kier molecular flexibility index (Phi) is 3.18.